The summed E-state index contributed by atoms with van der Waals surface area (Å²) in [5, 5.41) is 17.4. The molecule has 226 valence electrons. The van der Waals surface area contributed by atoms with Gasteiger partial charge in [0.05, 0.1) is 18.4 Å². The second-order valence-electron chi connectivity index (χ2n) is 12.1. The molecule has 0 aliphatic heterocycles. The van der Waals surface area contributed by atoms with Crippen LogP contribution in [0, 0.1) is 11.6 Å². The molecule has 8 nitrogen and oxygen atoms in total. The van der Waals surface area contributed by atoms with Crippen LogP contribution in [-0.4, -0.2) is 61.1 Å². The fraction of sp³-hybridized carbons (Fsp3) is 0.533. The summed E-state index contributed by atoms with van der Waals surface area (Å²) >= 11 is 0. The van der Waals surface area contributed by atoms with Crippen molar-refractivity contribution in [1.29, 1.82) is 0 Å². The summed E-state index contributed by atoms with van der Waals surface area (Å²) < 4.78 is 52.9. The van der Waals surface area contributed by atoms with Gasteiger partial charge in [0.25, 0.3) is 0 Å². The molecule has 1 fully saturated rings. The third kappa shape index (κ3) is 8.56. The lowest BCUT2D eigenvalue weighted by atomic mass is 9.73. The monoisotopic (exact) mass is 593 g/mol. The van der Waals surface area contributed by atoms with E-state index in [0.717, 1.165) is 27.8 Å². The molecule has 2 aromatic carbocycles. The Hall–Kier alpha value is -2.89. The number of nitrogens with zero attached hydrogens (tertiary/aromatic N) is 1. The summed E-state index contributed by atoms with van der Waals surface area (Å²) in [4.78, 5) is 23.6. The van der Waals surface area contributed by atoms with E-state index in [2.05, 4.69) is 37.5 Å². The van der Waals surface area contributed by atoms with Gasteiger partial charge in [0, 0.05) is 31.1 Å². The average Bonchev–Trinajstić information content (AvgIpc) is 2.86. The van der Waals surface area contributed by atoms with Gasteiger partial charge in [-0.3, -0.25) is 9.59 Å². The minimum absolute atomic E-state index is 0.00828. The van der Waals surface area contributed by atoms with Crippen LogP contribution < -0.4 is 10.6 Å². The van der Waals surface area contributed by atoms with Crippen LogP contribution >= 0.6 is 0 Å². The van der Waals surface area contributed by atoms with Crippen molar-refractivity contribution < 1.29 is 31.9 Å². The molecule has 2 unspecified atom stereocenters. The molecule has 3 N–H and O–H groups in total. The first kappa shape index (κ1) is 32.6. The number of benzene rings is 2. The largest absolute Gasteiger partial charge is 0.390 e. The van der Waals surface area contributed by atoms with Crippen LogP contribution in [0.2, 0.25) is 0 Å². The average molecular weight is 594 g/mol. The van der Waals surface area contributed by atoms with Crippen LogP contribution in [-0.2, 0) is 37.0 Å². The molecule has 1 aliphatic carbocycles. The maximum absolute atomic E-state index is 13.8. The standard InChI is InChI=1S/C30H41F2N3O5S/c1-20(37)34-27(15-21-13-24(31)17-25(32)14-21)28(38)18-33-30(23-8-6-7-22(16-23)29(2,3)4)11-9-26(10-12-30)35(19-36)41(5,39)40/h6-8,13-14,16-17,19,26-28,33,38H,9-12,15,18H2,1-5H3,(H,34,37). The van der Waals surface area contributed by atoms with Gasteiger partial charge in [0.1, 0.15) is 11.6 Å². The molecule has 3 rings (SSSR count). The Balaban J connectivity index is 1.89. The van der Waals surface area contributed by atoms with Crippen molar-refractivity contribution in [2.24, 2.45) is 0 Å². The maximum atomic E-state index is 13.8. The van der Waals surface area contributed by atoms with E-state index in [1.807, 2.05) is 18.2 Å². The van der Waals surface area contributed by atoms with Crippen molar-refractivity contribution in [3.05, 3.63) is 70.8 Å². The topological polar surface area (TPSA) is 116 Å². The van der Waals surface area contributed by atoms with Gasteiger partial charge < -0.3 is 15.7 Å². The highest BCUT2D eigenvalue weighted by Gasteiger charge is 2.41. The van der Waals surface area contributed by atoms with Crippen LogP contribution in [0.5, 0.6) is 0 Å². The highest BCUT2D eigenvalue weighted by molar-refractivity contribution is 7.88. The number of sulfonamides is 1. The second-order valence-corrected chi connectivity index (χ2v) is 14.0. The Morgan fingerprint density at radius 1 is 1.15 bits per heavy atom. The van der Waals surface area contributed by atoms with Crippen LogP contribution in [0.15, 0.2) is 42.5 Å². The highest BCUT2D eigenvalue weighted by atomic mass is 32.2. The van der Waals surface area contributed by atoms with Gasteiger partial charge in [0.15, 0.2) is 0 Å². The van der Waals surface area contributed by atoms with E-state index < -0.39 is 51.3 Å². The number of aliphatic hydroxyl groups is 1. The Bertz CT molecular complexity index is 1320. The van der Waals surface area contributed by atoms with Gasteiger partial charge >= 0.3 is 0 Å². The van der Waals surface area contributed by atoms with E-state index in [4.69, 9.17) is 0 Å². The quantitative estimate of drug-likeness (QED) is 0.344. The van der Waals surface area contributed by atoms with E-state index >= 15 is 0 Å². The molecule has 0 aromatic heterocycles. The number of carbonyl (C=O) groups is 2. The number of nitrogens with one attached hydrogen (secondary N) is 2. The van der Waals surface area contributed by atoms with Crippen molar-refractivity contribution >= 4 is 22.3 Å². The lowest BCUT2D eigenvalue weighted by Gasteiger charge is -2.44. The van der Waals surface area contributed by atoms with Gasteiger partial charge in [0.2, 0.25) is 22.3 Å². The molecule has 0 radical (unpaired) electrons. The van der Waals surface area contributed by atoms with Crippen LogP contribution in [0.1, 0.15) is 70.1 Å². The first-order valence-electron chi connectivity index (χ1n) is 13.7. The molecule has 1 aliphatic rings. The van der Waals surface area contributed by atoms with Crippen LogP contribution in [0.25, 0.3) is 0 Å². The number of hydrogen-bond acceptors (Lipinski definition) is 6. The molecule has 11 heteroatoms. The second kappa shape index (κ2) is 13.0. The van der Waals surface area contributed by atoms with E-state index in [-0.39, 0.29) is 18.4 Å². The van der Waals surface area contributed by atoms with Crippen LogP contribution in [0.3, 0.4) is 0 Å². The molecule has 2 amide bonds. The molecule has 0 spiro atoms. The summed E-state index contributed by atoms with van der Waals surface area (Å²) in [5.74, 6) is -1.89. The zero-order valence-electron chi connectivity index (χ0n) is 24.3. The van der Waals surface area contributed by atoms with E-state index in [1.165, 1.54) is 19.1 Å². The van der Waals surface area contributed by atoms with Gasteiger partial charge in [-0.05, 0) is 66.3 Å². The molecular formula is C30H41F2N3O5S. The molecule has 41 heavy (non-hydrogen) atoms. The van der Waals surface area contributed by atoms with Gasteiger partial charge in [-0.25, -0.2) is 21.5 Å². The molecule has 1 saturated carbocycles. The Labute approximate surface area is 241 Å². The first-order valence-corrected chi connectivity index (χ1v) is 15.6. The molecule has 2 atom stereocenters. The van der Waals surface area contributed by atoms with Crippen molar-refractivity contribution in [2.45, 2.75) is 88.9 Å². The summed E-state index contributed by atoms with van der Waals surface area (Å²) in [6, 6.07) is 9.89. The summed E-state index contributed by atoms with van der Waals surface area (Å²) in [5.41, 5.74) is 1.58. The van der Waals surface area contributed by atoms with Gasteiger partial charge in [-0.1, -0.05) is 45.0 Å². The lowest BCUT2D eigenvalue weighted by Crippen LogP contribution is -2.55. The van der Waals surface area contributed by atoms with Gasteiger partial charge in [-0.15, -0.1) is 0 Å². The highest BCUT2D eigenvalue weighted by Crippen LogP contribution is 2.40. The van der Waals surface area contributed by atoms with Crippen molar-refractivity contribution in [2.75, 3.05) is 12.8 Å². The summed E-state index contributed by atoms with van der Waals surface area (Å²) in [6.07, 6.45) is 2.05. The normalized spacial score (nSPS) is 21.1. The molecule has 0 bridgehead atoms. The predicted molar refractivity (Wildman–Crippen MR) is 153 cm³/mol. The Kier molecular flexibility index (Phi) is 10.3. The number of halogens is 2. The number of carbonyl (C=O) groups excluding carboxylic acids is 2. The smallest absolute Gasteiger partial charge is 0.234 e. The first-order chi connectivity index (χ1) is 19.0. The van der Waals surface area contributed by atoms with Crippen LogP contribution in [0.4, 0.5) is 8.78 Å². The van der Waals surface area contributed by atoms with E-state index in [9.17, 15) is 31.9 Å². The maximum Gasteiger partial charge on any atom is 0.234 e. The number of aliphatic hydroxyl groups excluding tert-OH is 1. The molecule has 2 aromatic rings. The fourth-order valence-corrected chi connectivity index (χ4v) is 6.51. The van der Waals surface area contributed by atoms with E-state index in [1.54, 1.807) is 0 Å². The minimum atomic E-state index is -3.72. The summed E-state index contributed by atoms with van der Waals surface area (Å²) in [7, 11) is -3.72. The Morgan fingerprint density at radius 3 is 2.27 bits per heavy atom. The third-order valence-electron chi connectivity index (χ3n) is 7.82. The number of amides is 2. The minimum Gasteiger partial charge on any atom is -0.390 e. The fourth-order valence-electron chi connectivity index (χ4n) is 5.61. The lowest BCUT2D eigenvalue weighted by molar-refractivity contribution is -0.120. The molecular weight excluding hydrogens is 552 g/mol. The predicted octanol–water partition coefficient (Wildman–Crippen LogP) is 3.52. The number of hydrogen-bond donors (Lipinski definition) is 3. The SMILES string of the molecule is CC(=O)NC(Cc1cc(F)cc(F)c1)C(O)CNC1(c2cccc(C(C)(C)C)c2)CCC(N(C=O)S(C)(=O)=O)CC1. The third-order valence-corrected chi connectivity index (χ3v) is 8.97. The van der Waals surface area contributed by atoms with Crippen molar-refractivity contribution in [1.82, 2.24) is 14.9 Å². The van der Waals surface area contributed by atoms with Gasteiger partial charge in [-0.2, -0.15) is 0 Å². The molecule has 0 saturated heterocycles. The number of rotatable bonds is 11. The van der Waals surface area contributed by atoms with E-state index in [0.29, 0.717) is 37.7 Å². The summed E-state index contributed by atoms with van der Waals surface area (Å²) in [6.45, 7) is 7.66. The zero-order valence-corrected chi connectivity index (χ0v) is 25.1. The zero-order chi connectivity index (χ0) is 30.6. The Morgan fingerprint density at radius 2 is 1.76 bits per heavy atom. The van der Waals surface area contributed by atoms with Crippen molar-refractivity contribution in [3.8, 4) is 0 Å². The van der Waals surface area contributed by atoms with Crippen molar-refractivity contribution in [3.63, 3.8) is 0 Å². The molecule has 0 heterocycles.